The maximum Gasteiger partial charge on any atom is 0.253 e. The van der Waals surface area contributed by atoms with E-state index in [9.17, 15) is 13.2 Å². The molecule has 1 aromatic heterocycles. The molecule has 0 aliphatic carbocycles. The zero-order valence-electron chi connectivity index (χ0n) is 8.70. The number of aromatic nitrogens is 1. The molecule has 0 radical (unpaired) electrons. The summed E-state index contributed by atoms with van der Waals surface area (Å²) in [6, 6.07) is 0.727. The predicted octanol–water partition coefficient (Wildman–Crippen LogP) is -0.172. The molecule has 6 nitrogen and oxygen atoms in total. The Morgan fingerprint density at radius 3 is 2.82 bits per heavy atom. The fraction of sp³-hybridized carbons (Fsp3) is 0.200. The lowest BCUT2D eigenvalue weighted by atomic mass is 10.2. The molecule has 2 rings (SSSR count). The molecule has 1 aromatic rings. The van der Waals surface area contributed by atoms with Gasteiger partial charge in [0.1, 0.15) is 5.75 Å². The Labute approximate surface area is 97.9 Å². The van der Waals surface area contributed by atoms with Crippen LogP contribution in [0.1, 0.15) is 10.4 Å². The van der Waals surface area contributed by atoms with Crippen LogP contribution in [0, 0.1) is 0 Å². The number of pyridine rings is 1. The zero-order valence-corrected chi connectivity index (χ0v) is 9.52. The number of amides is 1. The Morgan fingerprint density at radius 1 is 1.47 bits per heavy atom. The summed E-state index contributed by atoms with van der Waals surface area (Å²) in [6.07, 6.45) is 3.92. The number of aromatic hydroxyl groups is 1. The lowest BCUT2D eigenvalue weighted by molar-refractivity contribution is 0.0947. The topological polar surface area (TPSA) is 96.4 Å². The van der Waals surface area contributed by atoms with Gasteiger partial charge in [-0.15, -0.1) is 0 Å². The number of hydrogen-bond acceptors (Lipinski definition) is 5. The van der Waals surface area contributed by atoms with Gasteiger partial charge in [0.25, 0.3) is 5.91 Å². The lowest BCUT2D eigenvalue weighted by Gasteiger charge is -2.09. The molecule has 1 aliphatic rings. The molecule has 0 saturated carbocycles. The van der Waals surface area contributed by atoms with E-state index in [-0.39, 0.29) is 17.1 Å². The van der Waals surface area contributed by atoms with Crippen LogP contribution in [0.3, 0.4) is 0 Å². The van der Waals surface area contributed by atoms with Gasteiger partial charge in [-0.3, -0.25) is 9.78 Å². The van der Waals surface area contributed by atoms with Crippen LogP contribution in [0.25, 0.3) is 0 Å². The monoisotopic (exact) mass is 254 g/mol. The van der Waals surface area contributed by atoms with Crippen LogP contribution < -0.4 is 5.32 Å². The fourth-order valence-corrected chi connectivity index (χ4v) is 2.70. The van der Waals surface area contributed by atoms with E-state index in [1.807, 2.05) is 0 Å². The second-order valence-electron chi connectivity index (χ2n) is 3.67. The van der Waals surface area contributed by atoms with Gasteiger partial charge >= 0.3 is 0 Å². The van der Waals surface area contributed by atoms with Gasteiger partial charge < -0.3 is 10.4 Å². The first-order chi connectivity index (χ1) is 7.96. The quantitative estimate of drug-likeness (QED) is 0.763. The predicted molar refractivity (Wildman–Crippen MR) is 60.1 cm³/mol. The zero-order chi connectivity index (χ0) is 12.5. The number of nitrogens with zero attached hydrogens (tertiary/aromatic N) is 1. The molecule has 0 saturated heterocycles. The molecule has 17 heavy (non-hydrogen) atoms. The Hall–Kier alpha value is -1.89. The Bertz CT molecular complexity index is 580. The van der Waals surface area contributed by atoms with Crippen molar-refractivity contribution in [3.05, 3.63) is 35.5 Å². The van der Waals surface area contributed by atoms with Crippen LogP contribution >= 0.6 is 0 Å². The summed E-state index contributed by atoms with van der Waals surface area (Å²) < 4.78 is 22.2. The van der Waals surface area contributed by atoms with Gasteiger partial charge in [0.15, 0.2) is 9.84 Å². The first-order valence-corrected chi connectivity index (χ1v) is 6.54. The highest BCUT2D eigenvalue weighted by Crippen LogP contribution is 2.11. The van der Waals surface area contributed by atoms with Crippen molar-refractivity contribution in [2.24, 2.45) is 0 Å². The minimum absolute atomic E-state index is 0.118. The standard InChI is InChI=1S/C10H10N2O4S/c13-9-3-7(4-11-5-9)10(14)12-8-1-2-17(15,16)6-8/h1-5,8,13H,6H2,(H,12,14). The molecule has 1 aliphatic heterocycles. The van der Waals surface area contributed by atoms with E-state index >= 15 is 0 Å². The van der Waals surface area contributed by atoms with Gasteiger partial charge in [-0.05, 0) is 12.1 Å². The van der Waals surface area contributed by atoms with Crippen LogP contribution in [-0.4, -0.2) is 36.2 Å². The first kappa shape index (κ1) is 11.6. The fourth-order valence-electron chi connectivity index (χ4n) is 1.47. The highest BCUT2D eigenvalue weighted by molar-refractivity contribution is 7.94. The van der Waals surface area contributed by atoms with Gasteiger partial charge in [-0.1, -0.05) is 0 Å². The van der Waals surface area contributed by atoms with Gasteiger partial charge in [-0.2, -0.15) is 0 Å². The number of nitrogens with one attached hydrogen (secondary N) is 1. The molecule has 0 fully saturated rings. The van der Waals surface area contributed by atoms with E-state index in [1.165, 1.54) is 24.5 Å². The van der Waals surface area contributed by atoms with E-state index in [2.05, 4.69) is 10.3 Å². The van der Waals surface area contributed by atoms with Crippen molar-refractivity contribution in [2.45, 2.75) is 6.04 Å². The molecule has 7 heteroatoms. The smallest absolute Gasteiger partial charge is 0.253 e. The highest BCUT2D eigenvalue weighted by atomic mass is 32.2. The largest absolute Gasteiger partial charge is 0.506 e. The van der Waals surface area contributed by atoms with Gasteiger partial charge in [-0.25, -0.2) is 8.42 Å². The van der Waals surface area contributed by atoms with Crippen LogP contribution in [0.2, 0.25) is 0 Å². The molecular weight excluding hydrogens is 244 g/mol. The normalized spacial score (nSPS) is 21.3. The van der Waals surface area contributed by atoms with E-state index < -0.39 is 21.8 Å². The summed E-state index contributed by atoms with van der Waals surface area (Å²) >= 11 is 0. The molecule has 0 bridgehead atoms. The molecule has 1 unspecified atom stereocenters. The minimum atomic E-state index is -3.19. The summed E-state index contributed by atoms with van der Waals surface area (Å²) in [7, 11) is -3.19. The van der Waals surface area contributed by atoms with Crippen molar-refractivity contribution in [3.63, 3.8) is 0 Å². The highest BCUT2D eigenvalue weighted by Gasteiger charge is 2.23. The van der Waals surface area contributed by atoms with Crippen LogP contribution in [0.4, 0.5) is 0 Å². The molecule has 2 heterocycles. The maximum atomic E-state index is 11.7. The summed E-state index contributed by atoms with van der Waals surface area (Å²) in [5.41, 5.74) is 0.183. The summed E-state index contributed by atoms with van der Waals surface area (Å²) in [6.45, 7) is 0. The average molecular weight is 254 g/mol. The molecular formula is C10H10N2O4S. The van der Waals surface area contributed by atoms with Crippen LogP contribution in [0.5, 0.6) is 5.75 Å². The molecule has 0 spiro atoms. The van der Waals surface area contributed by atoms with Crippen molar-refractivity contribution in [1.29, 1.82) is 0 Å². The Kier molecular flexibility index (Phi) is 2.84. The maximum absolute atomic E-state index is 11.7. The molecule has 1 atom stereocenters. The van der Waals surface area contributed by atoms with E-state index in [0.717, 1.165) is 5.41 Å². The van der Waals surface area contributed by atoms with Crippen molar-refractivity contribution in [2.75, 3.05) is 5.75 Å². The SMILES string of the molecule is O=C(NC1C=CS(=O)(=O)C1)c1cncc(O)c1. The van der Waals surface area contributed by atoms with Gasteiger partial charge in [0, 0.05) is 11.6 Å². The molecule has 1 amide bonds. The van der Waals surface area contributed by atoms with Crippen LogP contribution in [0.15, 0.2) is 29.9 Å². The summed E-state index contributed by atoms with van der Waals surface area (Å²) in [5, 5.41) is 12.8. The van der Waals surface area contributed by atoms with E-state index in [1.54, 1.807) is 0 Å². The third-order valence-electron chi connectivity index (χ3n) is 2.23. The van der Waals surface area contributed by atoms with Gasteiger partial charge in [0.2, 0.25) is 0 Å². The lowest BCUT2D eigenvalue weighted by Crippen LogP contribution is -2.35. The number of carbonyl (C=O) groups excluding carboxylic acids is 1. The summed E-state index contributed by atoms with van der Waals surface area (Å²) in [4.78, 5) is 15.3. The van der Waals surface area contributed by atoms with Crippen molar-refractivity contribution in [1.82, 2.24) is 10.3 Å². The van der Waals surface area contributed by atoms with Gasteiger partial charge in [0.05, 0.1) is 23.6 Å². The second-order valence-corrected chi connectivity index (χ2v) is 5.60. The Morgan fingerprint density at radius 2 is 2.24 bits per heavy atom. The third-order valence-corrected chi connectivity index (χ3v) is 3.63. The van der Waals surface area contributed by atoms with Crippen LogP contribution in [-0.2, 0) is 9.84 Å². The minimum Gasteiger partial charge on any atom is -0.506 e. The summed E-state index contributed by atoms with van der Waals surface area (Å²) in [5.74, 6) is -0.724. The van der Waals surface area contributed by atoms with Crippen molar-refractivity contribution in [3.8, 4) is 5.75 Å². The number of hydrogen-bond donors (Lipinski definition) is 2. The molecule has 0 aromatic carbocycles. The molecule has 2 N–H and O–H groups in total. The number of rotatable bonds is 2. The van der Waals surface area contributed by atoms with Crippen molar-refractivity contribution < 1.29 is 18.3 Å². The second kappa shape index (κ2) is 4.17. The van der Waals surface area contributed by atoms with E-state index in [0.29, 0.717) is 0 Å². The van der Waals surface area contributed by atoms with E-state index in [4.69, 9.17) is 5.11 Å². The third kappa shape index (κ3) is 2.82. The Balaban J connectivity index is 2.06. The molecule has 90 valence electrons. The average Bonchev–Trinajstić information content (AvgIpc) is 2.58. The van der Waals surface area contributed by atoms with Crippen molar-refractivity contribution >= 4 is 15.7 Å². The number of carbonyl (C=O) groups is 1. The number of sulfone groups is 1. The first-order valence-electron chi connectivity index (χ1n) is 4.82.